The fraction of sp³-hybridized carbons (Fsp3) is 0.526. The van der Waals surface area contributed by atoms with Gasteiger partial charge in [-0.15, -0.1) is 5.10 Å². The molecule has 4 aromatic heterocycles. The maximum Gasteiger partial charge on any atom is 0.388 e. The first-order chi connectivity index (χ1) is 19.5. The van der Waals surface area contributed by atoms with Crippen LogP contribution < -0.4 is 17.0 Å². The summed E-state index contributed by atoms with van der Waals surface area (Å²) in [7, 11) is 0. The van der Waals surface area contributed by atoms with Crippen LogP contribution in [0.1, 0.15) is 31.2 Å². The van der Waals surface area contributed by atoms with E-state index in [4.69, 9.17) is 30.0 Å². The van der Waals surface area contributed by atoms with Crippen LogP contribution in [-0.4, -0.2) is 92.6 Å². The molecule has 41 heavy (non-hydrogen) atoms. The Morgan fingerprint density at radius 1 is 1.37 bits per heavy atom. The van der Waals surface area contributed by atoms with E-state index in [2.05, 4.69) is 47.6 Å². The van der Waals surface area contributed by atoms with Gasteiger partial charge in [-0.2, -0.15) is 19.3 Å². The summed E-state index contributed by atoms with van der Waals surface area (Å²) in [6, 6.07) is 0. The van der Waals surface area contributed by atoms with Crippen molar-refractivity contribution in [3.05, 3.63) is 28.4 Å². The number of aliphatic hydroxyl groups is 2. The Hall–Kier alpha value is -3.30. The fourth-order valence-corrected chi connectivity index (χ4v) is 5.30. The number of aromatic amines is 1. The molecule has 7 atom stereocenters. The number of aliphatic hydroxyl groups excluding tert-OH is 2. The summed E-state index contributed by atoms with van der Waals surface area (Å²) in [4.78, 5) is 26.2. The number of nitrogens with two attached hydrogens (primary N) is 2. The Balaban J connectivity index is 1.28. The molecule has 222 valence electrons. The monoisotopic (exact) mass is 617 g/mol. The number of rotatable bonds is 11. The van der Waals surface area contributed by atoms with Crippen molar-refractivity contribution < 1.29 is 37.7 Å². The molecule has 5 rings (SSSR count). The number of anilines is 2. The molecular weight excluding hydrogens is 592 g/mol. The number of ether oxygens (including phenoxy) is 2. The summed E-state index contributed by atoms with van der Waals surface area (Å²) in [5.41, 5.74) is 11.0. The van der Waals surface area contributed by atoms with Crippen molar-refractivity contribution in [2.24, 2.45) is 0 Å². The van der Waals surface area contributed by atoms with Gasteiger partial charge in [0.1, 0.15) is 12.4 Å². The molecule has 2 unspecified atom stereocenters. The molecule has 1 aliphatic rings. The van der Waals surface area contributed by atoms with E-state index >= 15 is 4.39 Å². The van der Waals surface area contributed by atoms with Gasteiger partial charge in [0.05, 0.1) is 37.7 Å². The van der Waals surface area contributed by atoms with Crippen LogP contribution in [0.15, 0.2) is 17.3 Å². The Morgan fingerprint density at radius 2 is 2.15 bits per heavy atom. The van der Waals surface area contributed by atoms with E-state index in [-0.39, 0.29) is 29.5 Å². The molecule has 0 bridgehead atoms. The maximum absolute atomic E-state index is 15.5. The number of H-pyrrole nitrogens is 1. The summed E-state index contributed by atoms with van der Waals surface area (Å²) in [6.45, 7) is -4.11. The summed E-state index contributed by atoms with van der Waals surface area (Å²) in [5.74, 6) is -0.206. The van der Waals surface area contributed by atoms with Crippen molar-refractivity contribution >= 4 is 47.8 Å². The maximum atomic E-state index is 15.5. The largest absolute Gasteiger partial charge is 0.394 e. The van der Waals surface area contributed by atoms with Crippen molar-refractivity contribution in [1.29, 1.82) is 0 Å². The quantitative estimate of drug-likeness (QED) is 0.0894. The smallest absolute Gasteiger partial charge is 0.388 e. The second-order valence-electron chi connectivity index (χ2n) is 8.93. The average molecular weight is 618 g/mol. The molecule has 0 saturated carbocycles. The average Bonchev–Trinajstić information content (AvgIpc) is 3.63. The van der Waals surface area contributed by atoms with E-state index in [9.17, 15) is 19.6 Å². The van der Waals surface area contributed by atoms with Gasteiger partial charge in [0.15, 0.2) is 16.8 Å². The predicted molar refractivity (Wildman–Crippen MR) is 139 cm³/mol. The van der Waals surface area contributed by atoms with Crippen LogP contribution in [0.25, 0.3) is 16.8 Å². The lowest BCUT2D eigenvalue weighted by molar-refractivity contribution is -0.160. The molecule has 0 aliphatic carbocycles. The second kappa shape index (κ2) is 11.5. The third-order valence-electron chi connectivity index (χ3n) is 6.01. The molecule has 0 spiro atoms. The summed E-state index contributed by atoms with van der Waals surface area (Å²) >= 11 is 3.83. The zero-order valence-corrected chi connectivity index (χ0v) is 22.9. The first-order valence-corrected chi connectivity index (χ1v) is 14.6. The minimum absolute atomic E-state index is 0.106. The van der Waals surface area contributed by atoms with Crippen LogP contribution in [-0.2, 0) is 23.1 Å². The Morgan fingerprint density at radius 3 is 2.90 bits per heavy atom. The predicted octanol–water partition coefficient (Wildman–Crippen LogP) is -0.729. The van der Waals surface area contributed by atoms with E-state index in [1.165, 1.54) is 24.0 Å². The van der Waals surface area contributed by atoms with E-state index in [0.29, 0.717) is 11.2 Å². The van der Waals surface area contributed by atoms with Gasteiger partial charge >= 0.3 is 6.80 Å². The number of nitrogens with one attached hydrogen (secondary N) is 1. The second-order valence-corrected chi connectivity index (χ2v) is 11.8. The topological polar surface area (TPSA) is 266 Å². The van der Waals surface area contributed by atoms with Gasteiger partial charge in [0.2, 0.25) is 18.1 Å². The van der Waals surface area contributed by atoms with E-state index < -0.39 is 62.6 Å². The molecule has 5 heterocycles. The van der Waals surface area contributed by atoms with Crippen molar-refractivity contribution in [3.8, 4) is 0 Å². The van der Waals surface area contributed by atoms with Crippen LogP contribution >= 0.6 is 19.0 Å². The highest BCUT2D eigenvalue weighted by molar-refractivity contribution is 8.44. The normalized spacial score (nSPS) is 23.1. The van der Waals surface area contributed by atoms with Crippen LogP contribution in [0.2, 0.25) is 0 Å². The van der Waals surface area contributed by atoms with Gasteiger partial charge < -0.3 is 31.2 Å². The molecule has 4 aromatic rings. The number of halogens is 1. The third kappa shape index (κ3) is 6.02. The van der Waals surface area contributed by atoms with Crippen LogP contribution in [0, 0.1) is 0 Å². The molecule has 0 radical (unpaired) electrons. The number of hydrogen-bond acceptors (Lipinski definition) is 16. The number of nitrogens with zero attached hydrogens (tertiary/aromatic N) is 8. The number of nitrogen functional groups attached to an aromatic ring is 2. The van der Waals surface area contributed by atoms with Crippen LogP contribution in [0.5, 0.6) is 0 Å². The summed E-state index contributed by atoms with van der Waals surface area (Å²) in [6.07, 6.45) is -5.31. The van der Waals surface area contributed by atoms with Gasteiger partial charge in [-0.3, -0.25) is 18.8 Å². The Bertz CT molecular complexity index is 1650. The molecule has 0 aromatic carbocycles. The van der Waals surface area contributed by atoms with Gasteiger partial charge in [0.25, 0.3) is 11.9 Å². The van der Waals surface area contributed by atoms with Gasteiger partial charge in [-0.25, -0.2) is 18.9 Å². The zero-order valence-electron chi connectivity index (χ0n) is 21.1. The minimum Gasteiger partial charge on any atom is -0.394 e. The molecule has 1 saturated heterocycles. The SMILES string of the molecule is C[C@@H](CO)O[C@H](C(F)OP(=O)(S)OC[C@H]1O[C@@H](c2cnn3c(N)ncnc23)C[C@@H]1O)n1nnc2c(=O)[nH]c(N)nc21. The molecule has 0 amide bonds. The highest BCUT2D eigenvalue weighted by atomic mass is 32.7. The summed E-state index contributed by atoms with van der Waals surface area (Å²) in [5, 5.41) is 31.4. The Labute approximate surface area is 233 Å². The molecule has 1 fully saturated rings. The lowest BCUT2D eigenvalue weighted by Gasteiger charge is -2.26. The van der Waals surface area contributed by atoms with Gasteiger partial charge in [-0.1, -0.05) is 17.5 Å². The molecule has 22 heteroatoms. The minimum atomic E-state index is -4.48. The van der Waals surface area contributed by atoms with Crippen molar-refractivity contribution in [2.45, 2.75) is 50.3 Å². The molecule has 7 N–H and O–H groups in total. The Kier molecular flexibility index (Phi) is 8.21. The fourth-order valence-electron chi connectivity index (χ4n) is 4.07. The van der Waals surface area contributed by atoms with Gasteiger partial charge in [-0.05, 0) is 6.92 Å². The molecule has 1 aliphatic heterocycles. The van der Waals surface area contributed by atoms with E-state index in [0.717, 1.165) is 4.68 Å². The van der Waals surface area contributed by atoms with Crippen LogP contribution in [0.4, 0.5) is 16.3 Å². The van der Waals surface area contributed by atoms with E-state index in [1.54, 1.807) is 0 Å². The lowest BCUT2D eigenvalue weighted by atomic mass is 10.1. The molecule has 19 nitrogen and oxygen atoms in total. The van der Waals surface area contributed by atoms with E-state index in [1.807, 2.05) is 0 Å². The van der Waals surface area contributed by atoms with Crippen molar-refractivity contribution in [1.82, 2.24) is 44.5 Å². The molecular formula is C19H25FN11O8PS. The number of alkyl halides is 1. The zero-order chi connectivity index (χ0) is 29.5. The van der Waals surface area contributed by atoms with Gasteiger partial charge in [0, 0.05) is 12.0 Å². The standard InChI is InChI=1S/C19H25FN11O8PS/c1-7(4-32)37-17(30-15-12(28-29-30)16(34)27-18(21)26-15)13(20)39-40(35,41)36-5-11-9(33)2-10(38-11)8-3-25-31-14(8)23-6-24-19(31)22/h3,6-7,9-11,13,17,32-33H,2,4-5H2,1H3,(H,35,41)(H2,22,23,24)(H3,21,26,27,34)/t7-,9-,10+,11+,13?,17+,40?/m0/s1. The highest BCUT2D eigenvalue weighted by Gasteiger charge is 2.40. The lowest BCUT2D eigenvalue weighted by Crippen LogP contribution is -2.31. The third-order valence-corrected chi connectivity index (χ3v) is 7.58. The van der Waals surface area contributed by atoms with Crippen molar-refractivity contribution in [2.75, 3.05) is 24.7 Å². The van der Waals surface area contributed by atoms with Crippen molar-refractivity contribution in [3.63, 3.8) is 0 Å². The first kappa shape index (κ1) is 29.2. The summed E-state index contributed by atoms with van der Waals surface area (Å²) < 4.78 is 52.0. The number of thiol groups is 1. The first-order valence-electron chi connectivity index (χ1n) is 11.9. The number of fused-ring (bicyclic) bond motifs is 2. The van der Waals surface area contributed by atoms with Crippen LogP contribution in [0.3, 0.4) is 0 Å². The number of aromatic nitrogens is 9. The number of hydrogen-bond donors (Lipinski definition) is 6. The highest BCUT2D eigenvalue weighted by Crippen LogP contribution is 2.55.